The standard InChI is InChI=1S/C16H20N2O3/c19-15(17-9-5-1-2-6-10-17)11-18-13-7-3-4-8-14(13)21-12-16(18)20/h3-4,7-8H,1-2,5-6,9-12H2. The van der Waals surface area contributed by atoms with Crippen molar-refractivity contribution < 1.29 is 14.3 Å². The Hall–Kier alpha value is -2.04. The predicted molar refractivity (Wildman–Crippen MR) is 79.3 cm³/mol. The normalized spacial score (nSPS) is 18.8. The third-order valence-corrected chi connectivity index (χ3v) is 4.06. The third-order valence-electron chi connectivity index (χ3n) is 4.06. The van der Waals surface area contributed by atoms with Crippen LogP contribution in [0.1, 0.15) is 25.7 Å². The highest BCUT2D eigenvalue weighted by molar-refractivity contribution is 6.02. The molecule has 3 rings (SSSR count). The van der Waals surface area contributed by atoms with Crippen molar-refractivity contribution in [2.45, 2.75) is 25.7 Å². The molecule has 5 heteroatoms. The number of rotatable bonds is 2. The lowest BCUT2D eigenvalue weighted by Gasteiger charge is -2.30. The molecule has 1 aromatic carbocycles. The fourth-order valence-electron chi connectivity index (χ4n) is 2.88. The number of carbonyl (C=O) groups is 2. The van der Waals surface area contributed by atoms with E-state index in [1.54, 1.807) is 4.90 Å². The number of ether oxygens (including phenoxy) is 1. The number of carbonyl (C=O) groups excluding carboxylic acids is 2. The van der Waals surface area contributed by atoms with E-state index >= 15 is 0 Å². The van der Waals surface area contributed by atoms with Gasteiger partial charge in [-0.3, -0.25) is 14.5 Å². The van der Waals surface area contributed by atoms with E-state index in [-0.39, 0.29) is 25.0 Å². The van der Waals surface area contributed by atoms with Crippen molar-refractivity contribution in [1.82, 2.24) is 4.90 Å². The maximum absolute atomic E-state index is 12.5. The second kappa shape index (κ2) is 6.16. The van der Waals surface area contributed by atoms with Gasteiger partial charge in [0.2, 0.25) is 5.91 Å². The van der Waals surface area contributed by atoms with Gasteiger partial charge >= 0.3 is 0 Å². The molecule has 0 spiro atoms. The fourth-order valence-corrected chi connectivity index (χ4v) is 2.88. The molecule has 2 amide bonds. The molecule has 2 heterocycles. The second-order valence-corrected chi connectivity index (χ2v) is 5.53. The Labute approximate surface area is 124 Å². The number of likely N-dealkylation sites (tertiary alicyclic amines) is 1. The highest BCUT2D eigenvalue weighted by Gasteiger charge is 2.28. The lowest BCUT2D eigenvalue weighted by Crippen LogP contribution is -2.46. The smallest absolute Gasteiger partial charge is 0.265 e. The Kier molecular flexibility index (Phi) is 4.08. The molecule has 5 nitrogen and oxygen atoms in total. The van der Waals surface area contributed by atoms with E-state index in [1.807, 2.05) is 29.2 Å². The van der Waals surface area contributed by atoms with Gasteiger partial charge in [0.05, 0.1) is 5.69 Å². The number of para-hydroxylation sites is 2. The molecule has 21 heavy (non-hydrogen) atoms. The van der Waals surface area contributed by atoms with Crippen molar-refractivity contribution in [1.29, 1.82) is 0 Å². The van der Waals surface area contributed by atoms with Crippen molar-refractivity contribution in [3.8, 4) is 5.75 Å². The SMILES string of the molecule is O=C(CN1C(=O)COc2ccccc21)N1CCCCCC1. The minimum absolute atomic E-state index is 0.00426. The first-order valence-corrected chi connectivity index (χ1v) is 7.56. The number of anilines is 1. The number of fused-ring (bicyclic) bond motifs is 1. The Morgan fingerprint density at radius 1 is 1.10 bits per heavy atom. The molecule has 0 radical (unpaired) electrons. The number of hydrogen-bond acceptors (Lipinski definition) is 3. The van der Waals surface area contributed by atoms with E-state index in [0.717, 1.165) is 25.9 Å². The molecule has 1 saturated heterocycles. The molecule has 2 aliphatic heterocycles. The van der Waals surface area contributed by atoms with Gasteiger partial charge in [-0.1, -0.05) is 25.0 Å². The molecule has 0 atom stereocenters. The van der Waals surface area contributed by atoms with Crippen LogP contribution in [0.15, 0.2) is 24.3 Å². The van der Waals surface area contributed by atoms with Gasteiger partial charge < -0.3 is 9.64 Å². The maximum Gasteiger partial charge on any atom is 0.265 e. The molecule has 0 aliphatic carbocycles. The molecule has 0 unspecified atom stereocenters. The highest BCUT2D eigenvalue weighted by Crippen LogP contribution is 2.31. The zero-order valence-corrected chi connectivity index (χ0v) is 12.1. The second-order valence-electron chi connectivity index (χ2n) is 5.53. The molecule has 0 saturated carbocycles. The number of benzene rings is 1. The van der Waals surface area contributed by atoms with Gasteiger partial charge in [-0.25, -0.2) is 0 Å². The molecule has 112 valence electrons. The van der Waals surface area contributed by atoms with Gasteiger partial charge in [0, 0.05) is 13.1 Å². The largest absolute Gasteiger partial charge is 0.482 e. The van der Waals surface area contributed by atoms with E-state index in [0.29, 0.717) is 11.4 Å². The average molecular weight is 288 g/mol. The van der Waals surface area contributed by atoms with Gasteiger partial charge in [-0.15, -0.1) is 0 Å². The van der Waals surface area contributed by atoms with Crippen LogP contribution in [0.4, 0.5) is 5.69 Å². The molecule has 1 aromatic rings. The van der Waals surface area contributed by atoms with E-state index < -0.39 is 0 Å². The van der Waals surface area contributed by atoms with Crippen LogP contribution in [0.3, 0.4) is 0 Å². The summed E-state index contributed by atoms with van der Waals surface area (Å²) in [6.07, 6.45) is 4.48. The topological polar surface area (TPSA) is 49.9 Å². The average Bonchev–Trinajstić information content (AvgIpc) is 2.79. The van der Waals surface area contributed by atoms with Crippen molar-refractivity contribution in [2.24, 2.45) is 0 Å². The summed E-state index contributed by atoms with van der Waals surface area (Å²) in [5, 5.41) is 0. The van der Waals surface area contributed by atoms with Gasteiger partial charge in [-0.2, -0.15) is 0 Å². The first-order valence-electron chi connectivity index (χ1n) is 7.56. The summed E-state index contributed by atoms with van der Waals surface area (Å²) in [7, 11) is 0. The third kappa shape index (κ3) is 3.01. The Balaban J connectivity index is 1.74. The van der Waals surface area contributed by atoms with Crippen molar-refractivity contribution in [2.75, 3.05) is 31.1 Å². The minimum Gasteiger partial charge on any atom is -0.482 e. The van der Waals surface area contributed by atoms with Gasteiger partial charge in [-0.05, 0) is 25.0 Å². The summed E-state index contributed by atoms with van der Waals surface area (Å²) in [6.45, 7) is 1.72. The Bertz CT molecular complexity index is 536. The fraction of sp³-hybridized carbons (Fsp3) is 0.500. The summed E-state index contributed by atoms with van der Waals surface area (Å²) >= 11 is 0. The summed E-state index contributed by atoms with van der Waals surface area (Å²) < 4.78 is 5.40. The first kappa shape index (κ1) is 13.9. The van der Waals surface area contributed by atoms with E-state index in [1.165, 1.54) is 12.8 Å². The summed E-state index contributed by atoms with van der Waals surface area (Å²) in [4.78, 5) is 28.0. The van der Waals surface area contributed by atoms with Crippen LogP contribution in [-0.4, -0.2) is 43.0 Å². The molecule has 0 bridgehead atoms. The summed E-state index contributed by atoms with van der Waals surface area (Å²) in [5.74, 6) is 0.541. The first-order chi connectivity index (χ1) is 10.3. The lowest BCUT2D eigenvalue weighted by atomic mass is 10.2. The lowest BCUT2D eigenvalue weighted by molar-refractivity contribution is -0.132. The van der Waals surface area contributed by atoms with Crippen LogP contribution in [0.5, 0.6) is 5.75 Å². The number of nitrogens with zero attached hydrogens (tertiary/aromatic N) is 2. The zero-order valence-electron chi connectivity index (χ0n) is 12.1. The summed E-state index contributed by atoms with van der Waals surface area (Å²) in [6, 6.07) is 7.36. The van der Waals surface area contributed by atoms with E-state index in [2.05, 4.69) is 0 Å². The van der Waals surface area contributed by atoms with Crippen LogP contribution in [0, 0.1) is 0 Å². The molecule has 0 N–H and O–H groups in total. The van der Waals surface area contributed by atoms with Crippen LogP contribution >= 0.6 is 0 Å². The van der Waals surface area contributed by atoms with Crippen molar-refractivity contribution in [3.05, 3.63) is 24.3 Å². The van der Waals surface area contributed by atoms with Crippen LogP contribution in [-0.2, 0) is 9.59 Å². The van der Waals surface area contributed by atoms with Crippen LogP contribution in [0.2, 0.25) is 0 Å². The van der Waals surface area contributed by atoms with Gasteiger partial charge in [0.1, 0.15) is 12.3 Å². The van der Waals surface area contributed by atoms with E-state index in [4.69, 9.17) is 4.74 Å². The monoisotopic (exact) mass is 288 g/mol. The number of hydrogen-bond donors (Lipinski definition) is 0. The zero-order chi connectivity index (χ0) is 14.7. The maximum atomic E-state index is 12.5. The van der Waals surface area contributed by atoms with Crippen molar-refractivity contribution in [3.63, 3.8) is 0 Å². The van der Waals surface area contributed by atoms with Gasteiger partial charge in [0.15, 0.2) is 6.61 Å². The predicted octanol–water partition coefficient (Wildman–Crippen LogP) is 1.81. The summed E-state index contributed by atoms with van der Waals surface area (Å²) in [5.41, 5.74) is 0.692. The highest BCUT2D eigenvalue weighted by atomic mass is 16.5. The van der Waals surface area contributed by atoms with Crippen LogP contribution < -0.4 is 9.64 Å². The molecule has 0 aromatic heterocycles. The number of amides is 2. The van der Waals surface area contributed by atoms with Crippen molar-refractivity contribution >= 4 is 17.5 Å². The Morgan fingerprint density at radius 3 is 2.57 bits per heavy atom. The minimum atomic E-state index is -0.156. The molecular formula is C16H20N2O3. The quantitative estimate of drug-likeness (QED) is 0.834. The van der Waals surface area contributed by atoms with Crippen LogP contribution in [0.25, 0.3) is 0 Å². The Morgan fingerprint density at radius 2 is 1.81 bits per heavy atom. The molecule has 2 aliphatic rings. The van der Waals surface area contributed by atoms with Gasteiger partial charge in [0.25, 0.3) is 5.91 Å². The molecular weight excluding hydrogens is 268 g/mol. The van der Waals surface area contributed by atoms with E-state index in [9.17, 15) is 9.59 Å². The molecule has 1 fully saturated rings.